The zero-order chi connectivity index (χ0) is 14.9. The van der Waals surface area contributed by atoms with Crippen LogP contribution in [0, 0.1) is 18.6 Å². The predicted octanol–water partition coefficient (Wildman–Crippen LogP) is 3.10. The molecule has 0 atom stereocenters. The fraction of sp³-hybridized carbons (Fsp3) is 0.133. The SMILES string of the molecule is COc1ccc(C(=O)c2cc(C)c(F)cc2F)cc1N. The van der Waals surface area contributed by atoms with E-state index in [9.17, 15) is 13.6 Å². The Kier molecular flexibility index (Phi) is 3.70. The summed E-state index contributed by atoms with van der Waals surface area (Å²) in [6.45, 7) is 1.47. The number of hydrogen-bond acceptors (Lipinski definition) is 3. The fourth-order valence-electron chi connectivity index (χ4n) is 1.86. The summed E-state index contributed by atoms with van der Waals surface area (Å²) >= 11 is 0. The Bertz CT molecular complexity index is 684. The van der Waals surface area contributed by atoms with E-state index in [1.54, 1.807) is 0 Å². The van der Waals surface area contributed by atoms with E-state index < -0.39 is 17.4 Å². The third-order valence-electron chi connectivity index (χ3n) is 2.98. The van der Waals surface area contributed by atoms with Crippen LogP contribution in [0.4, 0.5) is 14.5 Å². The highest BCUT2D eigenvalue weighted by Crippen LogP contribution is 2.24. The highest BCUT2D eigenvalue weighted by atomic mass is 19.1. The highest BCUT2D eigenvalue weighted by molar-refractivity contribution is 6.09. The minimum atomic E-state index is -0.896. The molecule has 0 aliphatic rings. The molecule has 0 bridgehead atoms. The number of anilines is 1. The second-order valence-corrected chi connectivity index (χ2v) is 4.37. The van der Waals surface area contributed by atoms with E-state index in [0.717, 1.165) is 0 Å². The van der Waals surface area contributed by atoms with E-state index in [1.807, 2.05) is 0 Å². The maximum atomic E-state index is 13.7. The first-order valence-corrected chi connectivity index (χ1v) is 5.88. The Hall–Kier alpha value is -2.43. The normalized spacial score (nSPS) is 10.4. The molecule has 3 nitrogen and oxygen atoms in total. The summed E-state index contributed by atoms with van der Waals surface area (Å²) in [5, 5.41) is 0. The number of aryl methyl sites for hydroxylation is 1. The molecular formula is C15H13F2NO2. The lowest BCUT2D eigenvalue weighted by Crippen LogP contribution is -2.07. The Morgan fingerprint density at radius 3 is 2.45 bits per heavy atom. The molecule has 0 saturated heterocycles. The average Bonchev–Trinajstić information content (AvgIpc) is 2.42. The largest absolute Gasteiger partial charge is 0.495 e. The molecule has 0 radical (unpaired) electrons. The van der Waals surface area contributed by atoms with Gasteiger partial charge in [-0.2, -0.15) is 0 Å². The van der Waals surface area contributed by atoms with Crippen molar-refractivity contribution in [2.45, 2.75) is 6.92 Å². The summed E-state index contributed by atoms with van der Waals surface area (Å²) in [5.74, 6) is -1.71. The minimum Gasteiger partial charge on any atom is -0.495 e. The second-order valence-electron chi connectivity index (χ2n) is 4.37. The van der Waals surface area contributed by atoms with Gasteiger partial charge in [-0.1, -0.05) is 0 Å². The Morgan fingerprint density at radius 2 is 1.85 bits per heavy atom. The van der Waals surface area contributed by atoms with Gasteiger partial charge in [0.15, 0.2) is 5.78 Å². The van der Waals surface area contributed by atoms with E-state index in [1.165, 1.54) is 38.3 Å². The summed E-state index contributed by atoms with van der Waals surface area (Å²) in [6.07, 6.45) is 0. The summed E-state index contributed by atoms with van der Waals surface area (Å²) in [5.41, 5.74) is 6.22. The van der Waals surface area contributed by atoms with Gasteiger partial charge < -0.3 is 10.5 Å². The Labute approximate surface area is 115 Å². The van der Waals surface area contributed by atoms with Crippen LogP contribution in [0.2, 0.25) is 0 Å². The van der Waals surface area contributed by atoms with Gasteiger partial charge in [0.1, 0.15) is 17.4 Å². The van der Waals surface area contributed by atoms with Crippen molar-refractivity contribution in [1.82, 2.24) is 0 Å². The van der Waals surface area contributed by atoms with Crippen LogP contribution < -0.4 is 10.5 Å². The molecule has 0 amide bonds. The van der Waals surface area contributed by atoms with Crippen LogP contribution in [0.3, 0.4) is 0 Å². The van der Waals surface area contributed by atoms with Crippen molar-refractivity contribution in [3.05, 3.63) is 58.7 Å². The molecule has 0 spiro atoms. The lowest BCUT2D eigenvalue weighted by atomic mass is 10.00. The number of ketones is 1. The molecule has 0 unspecified atom stereocenters. The van der Waals surface area contributed by atoms with Crippen LogP contribution in [-0.4, -0.2) is 12.9 Å². The molecule has 5 heteroatoms. The van der Waals surface area contributed by atoms with Crippen LogP contribution in [0.5, 0.6) is 5.75 Å². The molecule has 0 aliphatic carbocycles. The number of methoxy groups -OCH3 is 1. The first kappa shape index (κ1) is 14.0. The number of nitrogen functional groups attached to an aromatic ring is 1. The maximum absolute atomic E-state index is 13.7. The van der Waals surface area contributed by atoms with E-state index in [4.69, 9.17) is 10.5 Å². The first-order valence-electron chi connectivity index (χ1n) is 5.88. The molecule has 0 aromatic heterocycles. The van der Waals surface area contributed by atoms with Gasteiger partial charge in [0.25, 0.3) is 0 Å². The molecule has 2 aromatic carbocycles. The minimum absolute atomic E-state index is 0.187. The third-order valence-corrected chi connectivity index (χ3v) is 2.98. The molecule has 0 saturated carbocycles. The smallest absolute Gasteiger partial charge is 0.196 e. The summed E-state index contributed by atoms with van der Waals surface area (Å²) < 4.78 is 31.9. The number of carbonyl (C=O) groups is 1. The van der Waals surface area contributed by atoms with Crippen LogP contribution in [0.25, 0.3) is 0 Å². The van der Waals surface area contributed by atoms with Gasteiger partial charge in [-0.15, -0.1) is 0 Å². The lowest BCUT2D eigenvalue weighted by Gasteiger charge is -2.08. The summed E-state index contributed by atoms with van der Waals surface area (Å²) in [7, 11) is 1.45. The van der Waals surface area contributed by atoms with Crippen molar-refractivity contribution in [2.24, 2.45) is 0 Å². The molecule has 0 aliphatic heterocycles. The van der Waals surface area contributed by atoms with E-state index in [2.05, 4.69) is 0 Å². The van der Waals surface area contributed by atoms with Crippen LogP contribution in [0.1, 0.15) is 21.5 Å². The fourth-order valence-corrected chi connectivity index (χ4v) is 1.86. The second kappa shape index (κ2) is 5.28. The first-order chi connectivity index (χ1) is 9.43. The van der Waals surface area contributed by atoms with Crippen LogP contribution in [0.15, 0.2) is 30.3 Å². The van der Waals surface area contributed by atoms with Crippen LogP contribution in [-0.2, 0) is 0 Å². The Morgan fingerprint density at radius 1 is 1.15 bits per heavy atom. The van der Waals surface area contributed by atoms with E-state index in [0.29, 0.717) is 11.8 Å². The van der Waals surface area contributed by atoms with Crippen LogP contribution >= 0.6 is 0 Å². The number of benzene rings is 2. The lowest BCUT2D eigenvalue weighted by molar-refractivity contribution is 0.103. The van der Waals surface area contributed by atoms with Crippen molar-refractivity contribution >= 4 is 11.5 Å². The van der Waals surface area contributed by atoms with Gasteiger partial charge in [0, 0.05) is 11.6 Å². The monoisotopic (exact) mass is 277 g/mol. The third kappa shape index (κ3) is 2.47. The number of hydrogen-bond donors (Lipinski definition) is 1. The van der Waals surface area contributed by atoms with Crippen molar-refractivity contribution in [1.29, 1.82) is 0 Å². The van der Waals surface area contributed by atoms with E-state index in [-0.39, 0.29) is 22.4 Å². The van der Waals surface area contributed by atoms with Gasteiger partial charge in [-0.05, 0) is 36.8 Å². The standard InChI is InChI=1S/C15H13F2NO2/c1-8-5-10(12(17)7-11(8)16)15(19)9-3-4-14(20-2)13(18)6-9/h3-7H,18H2,1-2H3. The van der Waals surface area contributed by atoms with Gasteiger partial charge in [-0.25, -0.2) is 8.78 Å². The molecule has 104 valence electrons. The summed E-state index contributed by atoms with van der Waals surface area (Å²) in [6, 6.07) is 6.30. The topological polar surface area (TPSA) is 52.3 Å². The quantitative estimate of drug-likeness (QED) is 0.693. The molecular weight excluding hydrogens is 264 g/mol. The van der Waals surface area contributed by atoms with Gasteiger partial charge >= 0.3 is 0 Å². The number of ether oxygens (including phenoxy) is 1. The molecule has 20 heavy (non-hydrogen) atoms. The zero-order valence-electron chi connectivity index (χ0n) is 11.0. The maximum Gasteiger partial charge on any atom is 0.196 e. The number of rotatable bonds is 3. The molecule has 0 heterocycles. The number of carbonyl (C=O) groups excluding carboxylic acids is 1. The van der Waals surface area contributed by atoms with Crippen molar-refractivity contribution in [2.75, 3.05) is 12.8 Å². The van der Waals surface area contributed by atoms with Crippen molar-refractivity contribution in [3.63, 3.8) is 0 Å². The average molecular weight is 277 g/mol. The molecule has 0 fully saturated rings. The number of nitrogens with two attached hydrogens (primary N) is 1. The zero-order valence-corrected chi connectivity index (χ0v) is 11.0. The molecule has 2 N–H and O–H groups in total. The Balaban J connectivity index is 2.46. The number of halogens is 2. The van der Waals surface area contributed by atoms with Gasteiger partial charge in [-0.3, -0.25) is 4.79 Å². The summed E-state index contributed by atoms with van der Waals surface area (Å²) in [4.78, 5) is 12.2. The predicted molar refractivity (Wildman–Crippen MR) is 71.9 cm³/mol. The highest BCUT2D eigenvalue weighted by Gasteiger charge is 2.17. The van der Waals surface area contributed by atoms with Crippen molar-refractivity contribution < 1.29 is 18.3 Å². The molecule has 2 aromatic rings. The van der Waals surface area contributed by atoms with Crippen molar-refractivity contribution in [3.8, 4) is 5.75 Å². The van der Waals surface area contributed by atoms with Gasteiger partial charge in [0.2, 0.25) is 0 Å². The van der Waals surface area contributed by atoms with E-state index >= 15 is 0 Å². The van der Waals surface area contributed by atoms with Gasteiger partial charge in [0.05, 0.1) is 18.4 Å². The molecule has 2 rings (SSSR count).